The van der Waals surface area contributed by atoms with E-state index < -0.39 is 39.0 Å². The average molecular weight is 376 g/mol. The van der Waals surface area contributed by atoms with Crippen LogP contribution in [0, 0.1) is 6.92 Å². The molecule has 2 aromatic rings. The molecule has 0 bridgehead atoms. The number of hydrogen-bond acceptors (Lipinski definition) is 9. The Kier molecular flexibility index (Phi) is 4.77. The second-order valence-corrected chi connectivity index (χ2v) is 6.68. The Morgan fingerprint density at radius 3 is 2.68 bits per heavy atom. The smallest absolute Gasteiger partial charge is 0.469 e. The molecule has 0 aromatic carbocycles. The van der Waals surface area contributed by atoms with Crippen molar-refractivity contribution in [3.63, 3.8) is 0 Å². The Balaban J connectivity index is 1.90. The summed E-state index contributed by atoms with van der Waals surface area (Å²) >= 11 is 0. The summed E-state index contributed by atoms with van der Waals surface area (Å²) in [5.41, 5.74) is 0.658. The van der Waals surface area contributed by atoms with Crippen molar-refractivity contribution in [2.24, 2.45) is 0 Å². The monoisotopic (exact) mass is 376 g/mol. The number of aryl methyl sites for hydroxylation is 1. The minimum atomic E-state index is -4.73. The molecule has 0 spiro atoms. The first kappa shape index (κ1) is 18.1. The molecule has 12 nitrogen and oxygen atoms in total. The lowest BCUT2D eigenvalue weighted by atomic mass is 10.1. The number of aromatic nitrogens is 4. The summed E-state index contributed by atoms with van der Waals surface area (Å²) in [6.45, 7) is 1.06. The van der Waals surface area contributed by atoms with Crippen LogP contribution in [-0.4, -0.2) is 71.5 Å². The molecule has 0 saturated carbocycles. The van der Waals surface area contributed by atoms with Gasteiger partial charge in [-0.3, -0.25) is 9.09 Å². The third-order valence-electron chi connectivity index (χ3n) is 3.71. The number of imidazole rings is 1. The van der Waals surface area contributed by atoms with Gasteiger partial charge in [-0.25, -0.2) is 14.5 Å². The number of ether oxygens (including phenoxy) is 2. The van der Waals surface area contributed by atoms with E-state index in [1.54, 1.807) is 6.92 Å². The topological polar surface area (TPSA) is 169 Å². The summed E-state index contributed by atoms with van der Waals surface area (Å²) in [6.07, 6.45) is -3.68. The van der Waals surface area contributed by atoms with Gasteiger partial charge in [-0.15, -0.1) is 0 Å². The van der Waals surface area contributed by atoms with Gasteiger partial charge in [-0.2, -0.15) is 4.98 Å². The van der Waals surface area contributed by atoms with Crippen molar-refractivity contribution < 1.29 is 38.6 Å². The minimum absolute atomic E-state index is 0.246. The zero-order valence-electron chi connectivity index (χ0n) is 13.3. The quantitative estimate of drug-likeness (QED) is 0.466. The van der Waals surface area contributed by atoms with Crippen molar-refractivity contribution >= 4 is 19.0 Å². The first-order valence-electron chi connectivity index (χ1n) is 7.18. The van der Waals surface area contributed by atoms with E-state index in [-0.39, 0.29) is 5.88 Å². The van der Waals surface area contributed by atoms with Crippen molar-refractivity contribution in [1.82, 2.24) is 19.5 Å². The molecule has 0 radical (unpaired) electrons. The summed E-state index contributed by atoms with van der Waals surface area (Å²) in [7, 11) is -3.30. The van der Waals surface area contributed by atoms with Crippen LogP contribution in [-0.2, 0) is 13.8 Å². The van der Waals surface area contributed by atoms with Gasteiger partial charge in [-0.1, -0.05) is 0 Å². The second kappa shape index (κ2) is 6.57. The standard InChI is InChI=1S/C12H17N4O8P/c1-5-14-10-7(11(15-5)22-2)13-4-16(10)12-9(18)8(17)6(24-12)3-23-25(19,20)21/h4,6,8-9,12,17-18H,3H2,1-2H3,(H2,19,20,21)/t6-,8-,9-,12?/m1/s1. The predicted molar refractivity (Wildman–Crippen MR) is 80.5 cm³/mol. The molecule has 13 heteroatoms. The Labute approximate surface area is 141 Å². The molecule has 2 aromatic heterocycles. The number of aliphatic hydroxyl groups is 2. The molecule has 1 aliphatic heterocycles. The first-order valence-corrected chi connectivity index (χ1v) is 8.71. The molecule has 138 valence electrons. The maximum Gasteiger partial charge on any atom is 0.469 e. The highest BCUT2D eigenvalue weighted by Gasteiger charge is 2.45. The van der Waals surface area contributed by atoms with Crippen LogP contribution in [0.3, 0.4) is 0 Å². The molecule has 0 amide bonds. The van der Waals surface area contributed by atoms with E-state index in [0.29, 0.717) is 17.0 Å². The Morgan fingerprint density at radius 1 is 1.32 bits per heavy atom. The summed E-state index contributed by atoms with van der Waals surface area (Å²) < 4.78 is 27.2. The Morgan fingerprint density at radius 2 is 2.04 bits per heavy atom. The fourth-order valence-corrected chi connectivity index (χ4v) is 2.93. The van der Waals surface area contributed by atoms with Gasteiger partial charge in [0.15, 0.2) is 17.4 Å². The first-order chi connectivity index (χ1) is 11.7. The highest BCUT2D eigenvalue weighted by Crippen LogP contribution is 2.39. The van der Waals surface area contributed by atoms with E-state index in [0.717, 1.165) is 0 Å². The molecular weight excluding hydrogens is 359 g/mol. The van der Waals surface area contributed by atoms with Crippen LogP contribution in [0.4, 0.5) is 0 Å². The highest BCUT2D eigenvalue weighted by molar-refractivity contribution is 7.46. The lowest BCUT2D eigenvalue weighted by Gasteiger charge is -2.16. The van der Waals surface area contributed by atoms with Crippen molar-refractivity contribution in [2.45, 2.75) is 31.5 Å². The van der Waals surface area contributed by atoms with E-state index in [4.69, 9.17) is 19.3 Å². The number of hydrogen-bond donors (Lipinski definition) is 4. The van der Waals surface area contributed by atoms with Gasteiger partial charge >= 0.3 is 7.82 Å². The van der Waals surface area contributed by atoms with E-state index >= 15 is 0 Å². The number of fused-ring (bicyclic) bond motifs is 1. The predicted octanol–water partition coefficient (Wildman–Crippen LogP) is -1.13. The molecule has 4 atom stereocenters. The zero-order chi connectivity index (χ0) is 18.4. The van der Waals surface area contributed by atoms with Gasteiger partial charge in [0.25, 0.3) is 0 Å². The van der Waals surface area contributed by atoms with Gasteiger partial charge in [0.1, 0.15) is 24.1 Å². The van der Waals surface area contributed by atoms with Crippen molar-refractivity contribution in [3.8, 4) is 5.88 Å². The van der Waals surface area contributed by atoms with Crippen LogP contribution in [0.15, 0.2) is 6.33 Å². The molecule has 1 aliphatic rings. The lowest BCUT2D eigenvalue weighted by molar-refractivity contribution is -0.0504. The molecule has 3 rings (SSSR count). The third kappa shape index (κ3) is 3.51. The van der Waals surface area contributed by atoms with Gasteiger partial charge in [0.05, 0.1) is 20.0 Å². The SMILES string of the molecule is COc1nc(C)nc2c1ncn2C1O[C@H](COP(=O)(O)O)[C@@H](O)[C@H]1O. The maximum absolute atomic E-state index is 10.8. The average Bonchev–Trinajstić information content (AvgIpc) is 3.06. The summed E-state index contributed by atoms with van der Waals surface area (Å²) in [6, 6.07) is 0. The van der Waals surface area contributed by atoms with Gasteiger partial charge in [0.2, 0.25) is 5.88 Å². The van der Waals surface area contributed by atoms with Crippen molar-refractivity contribution in [2.75, 3.05) is 13.7 Å². The number of methoxy groups -OCH3 is 1. The zero-order valence-corrected chi connectivity index (χ0v) is 14.1. The van der Waals surface area contributed by atoms with Gasteiger partial charge < -0.3 is 29.5 Å². The number of nitrogens with zero attached hydrogens (tertiary/aromatic N) is 4. The fraction of sp³-hybridized carbons (Fsp3) is 0.583. The number of phosphoric acid groups is 1. The maximum atomic E-state index is 10.8. The lowest BCUT2D eigenvalue weighted by Crippen LogP contribution is -2.33. The molecule has 4 N–H and O–H groups in total. The third-order valence-corrected chi connectivity index (χ3v) is 4.20. The van der Waals surface area contributed by atoms with Crippen LogP contribution in [0.2, 0.25) is 0 Å². The van der Waals surface area contributed by atoms with Crippen LogP contribution < -0.4 is 4.74 Å². The molecule has 3 heterocycles. The number of phosphoric ester groups is 1. The van der Waals surface area contributed by atoms with Crippen molar-refractivity contribution in [3.05, 3.63) is 12.2 Å². The van der Waals surface area contributed by atoms with E-state index in [1.165, 1.54) is 18.0 Å². The summed E-state index contributed by atoms with van der Waals surface area (Å²) in [5, 5.41) is 20.3. The Hall–Kier alpha value is -1.66. The van der Waals surface area contributed by atoms with Crippen LogP contribution >= 0.6 is 7.82 Å². The van der Waals surface area contributed by atoms with Crippen LogP contribution in [0.5, 0.6) is 5.88 Å². The normalized spacial score (nSPS) is 27.1. The molecule has 1 unspecified atom stereocenters. The largest absolute Gasteiger partial charge is 0.479 e. The van der Waals surface area contributed by atoms with E-state index in [2.05, 4.69) is 19.5 Å². The number of aliphatic hydroxyl groups excluding tert-OH is 2. The Bertz CT molecular complexity index is 823. The van der Waals surface area contributed by atoms with Gasteiger partial charge in [0, 0.05) is 0 Å². The van der Waals surface area contributed by atoms with E-state index in [1.807, 2.05) is 0 Å². The van der Waals surface area contributed by atoms with Crippen molar-refractivity contribution in [1.29, 1.82) is 0 Å². The molecule has 1 saturated heterocycles. The second-order valence-electron chi connectivity index (χ2n) is 5.44. The fourth-order valence-electron chi connectivity index (χ4n) is 2.59. The van der Waals surface area contributed by atoms with Crippen LogP contribution in [0.25, 0.3) is 11.2 Å². The molecule has 1 fully saturated rings. The summed E-state index contributed by atoms with van der Waals surface area (Å²) in [4.78, 5) is 30.0. The molecular formula is C12H17N4O8P. The number of rotatable bonds is 5. The highest BCUT2D eigenvalue weighted by atomic mass is 31.2. The van der Waals surface area contributed by atoms with Crippen LogP contribution in [0.1, 0.15) is 12.1 Å². The molecule has 0 aliphatic carbocycles. The summed E-state index contributed by atoms with van der Waals surface area (Å²) in [5.74, 6) is 0.649. The van der Waals surface area contributed by atoms with Gasteiger partial charge in [-0.05, 0) is 6.92 Å². The minimum Gasteiger partial charge on any atom is -0.479 e. The molecule has 25 heavy (non-hydrogen) atoms. The van der Waals surface area contributed by atoms with E-state index in [9.17, 15) is 14.8 Å².